The molecule has 5 N–H and O–H groups in total. The molecule has 3 aromatic rings. The fraction of sp³-hybridized carbons (Fsp3) is 0.214. The zero-order chi connectivity index (χ0) is 33.2. The Hall–Kier alpha value is -4.68. The van der Waals surface area contributed by atoms with Crippen LogP contribution in [0.25, 0.3) is 10.8 Å². The van der Waals surface area contributed by atoms with Crippen molar-refractivity contribution >= 4 is 65.3 Å². The number of non-ortho nitro benzene ring substituents is 1. The molecule has 0 radical (unpaired) electrons. The minimum absolute atomic E-state index is 0.0542. The summed E-state index contributed by atoms with van der Waals surface area (Å²) in [7, 11) is -9.69. The Bertz CT molecular complexity index is 2020. The SMILES string of the molecule is Cc1ccc2c(N=Nc3ccc([N+](=O)[O-])cc3)ccc(NN=C3C=CCC(C)(C(N)/C(=C\CS(=O)(=O)O)S(=O)(=O)O)C3=O)c2c1. The third kappa shape index (κ3) is 7.70. The minimum atomic E-state index is -5.05. The highest BCUT2D eigenvalue weighted by atomic mass is 32.2. The number of fused-ring (bicyclic) bond motifs is 1. The van der Waals surface area contributed by atoms with Crippen molar-refractivity contribution in [3.63, 3.8) is 0 Å². The van der Waals surface area contributed by atoms with Gasteiger partial charge in [-0.3, -0.25) is 29.4 Å². The molecule has 45 heavy (non-hydrogen) atoms. The van der Waals surface area contributed by atoms with Crippen molar-refractivity contribution in [2.75, 3.05) is 11.2 Å². The number of hydrogen-bond donors (Lipinski definition) is 4. The van der Waals surface area contributed by atoms with E-state index in [1.165, 1.54) is 43.3 Å². The number of Topliss-reactive ketones (excluding diaryl/α,β-unsaturated/α-hetero) is 1. The monoisotopic (exact) mass is 656 g/mol. The number of rotatable bonds is 10. The summed E-state index contributed by atoms with van der Waals surface area (Å²) >= 11 is 0. The zero-order valence-corrected chi connectivity index (χ0v) is 25.5. The van der Waals surface area contributed by atoms with E-state index in [2.05, 4.69) is 20.8 Å². The van der Waals surface area contributed by atoms with E-state index in [0.717, 1.165) is 5.56 Å². The van der Waals surface area contributed by atoms with E-state index < -0.39 is 53.1 Å². The molecule has 0 amide bonds. The van der Waals surface area contributed by atoms with Crippen LogP contribution in [0.5, 0.6) is 0 Å². The van der Waals surface area contributed by atoms with E-state index in [9.17, 15) is 36.3 Å². The molecule has 2 unspecified atom stereocenters. The van der Waals surface area contributed by atoms with Gasteiger partial charge in [0, 0.05) is 22.9 Å². The molecule has 15 nitrogen and oxygen atoms in total. The minimum Gasteiger partial charge on any atom is -0.322 e. The normalized spacial score (nSPS) is 19.4. The molecule has 4 rings (SSSR count). The Labute approximate surface area is 257 Å². The van der Waals surface area contributed by atoms with Crippen LogP contribution in [-0.4, -0.2) is 54.2 Å². The van der Waals surface area contributed by atoms with Crippen molar-refractivity contribution < 1.29 is 35.7 Å². The maximum absolute atomic E-state index is 13.6. The van der Waals surface area contributed by atoms with Gasteiger partial charge in [-0.1, -0.05) is 30.7 Å². The topological polar surface area (TPSA) is 244 Å². The molecule has 0 spiro atoms. The second-order valence-corrected chi connectivity index (χ2v) is 13.3. The maximum Gasteiger partial charge on any atom is 0.291 e. The lowest BCUT2D eigenvalue weighted by atomic mass is 9.71. The van der Waals surface area contributed by atoms with Gasteiger partial charge >= 0.3 is 0 Å². The number of carbonyl (C=O) groups excluding carboxylic acids is 1. The predicted octanol–water partition coefficient (Wildman–Crippen LogP) is 4.76. The van der Waals surface area contributed by atoms with Crippen LogP contribution in [0.1, 0.15) is 18.9 Å². The van der Waals surface area contributed by atoms with Crippen molar-refractivity contribution in [3.8, 4) is 0 Å². The number of hydrazone groups is 1. The second-order valence-electron chi connectivity index (χ2n) is 10.4. The largest absolute Gasteiger partial charge is 0.322 e. The summed E-state index contributed by atoms with van der Waals surface area (Å²) in [6, 6.07) is 12.8. The molecular weight excluding hydrogens is 628 g/mol. The number of allylic oxidation sites excluding steroid dienone is 2. The van der Waals surface area contributed by atoms with Crippen LogP contribution in [0.15, 0.2) is 93.1 Å². The Kier molecular flexibility index (Phi) is 9.40. The summed E-state index contributed by atoms with van der Waals surface area (Å²) in [4.78, 5) is 23.0. The highest BCUT2D eigenvalue weighted by Crippen LogP contribution is 2.37. The standard InChI is InChI=1S/C28H28N6O9S2/c1-17-5-10-20-21(16-17)23(12-11-22(20)31-30-18-6-8-19(9-7-18)34(36)37)32-33-24-4-3-14-28(2,27(24)35)26(29)25(45(41,42)43)13-15-44(38,39)40/h3-13,16,26,32H,14-15,29H2,1-2H3,(H,38,39,40)(H,41,42,43)/b25-13+,31-30?,33-24?. The molecule has 1 aliphatic carbocycles. The lowest BCUT2D eigenvalue weighted by Gasteiger charge is -2.35. The van der Waals surface area contributed by atoms with Crippen LogP contribution in [-0.2, 0) is 25.0 Å². The van der Waals surface area contributed by atoms with E-state index in [1.807, 2.05) is 25.1 Å². The molecule has 0 heterocycles. The second kappa shape index (κ2) is 12.7. The number of aryl methyl sites for hydroxylation is 1. The molecule has 0 aromatic heterocycles. The van der Waals surface area contributed by atoms with Gasteiger partial charge in [-0.25, -0.2) is 0 Å². The van der Waals surface area contributed by atoms with Crippen LogP contribution < -0.4 is 11.2 Å². The first-order chi connectivity index (χ1) is 21.0. The molecule has 236 valence electrons. The van der Waals surface area contributed by atoms with Crippen molar-refractivity contribution in [3.05, 3.63) is 93.4 Å². The quantitative estimate of drug-likeness (QED) is 0.100. The number of anilines is 1. The Balaban J connectivity index is 1.65. The van der Waals surface area contributed by atoms with Crippen molar-refractivity contribution in [2.24, 2.45) is 26.5 Å². The average Bonchev–Trinajstić information content (AvgIpc) is 2.96. The van der Waals surface area contributed by atoms with Crippen LogP contribution in [0.3, 0.4) is 0 Å². The fourth-order valence-electron chi connectivity index (χ4n) is 4.63. The van der Waals surface area contributed by atoms with Gasteiger partial charge in [0.1, 0.15) is 5.71 Å². The van der Waals surface area contributed by atoms with Crippen molar-refractivity contribution in [2.45, 2.75) is 26.3 Å². The first kappa shape index (κ1) is 33.2. The number of carbonyl (C=O) groups is 1. The van der Waals surface area contributed by atoms with E-state index in [1.54, 1.807) is 12.1 Å². The number of nitrogens with two attached hydrogens (primary N) is 1. The number of ketones is 1. The lowest BCUT2D eigenvalue weighted by molar-refractivity contribution is -0.384. The van der Waals surface area contributed by atoms with Gasteiger partial charge in [0.2, 0.25) is 0 Å². The first-order valence-corrected chi connectivity index (χ1v) is 16.2. The van der Waals surface area contributed by atoms with E-state index >= 15 is 0 Å². The Morgan fingerprint density at radius 3 is 2.40 bits per heavy atom. The molecule has 3 aromatic carbocycles. The summed E-state index contributed by atoms with van der Waals surface area (Å²) in [5, 5.41) is 25.0. The molecule has 17 heteroatoms. The summed E-state index contributed by atoms with van der Waals surface area (Å²) < 4.78 is 65.2. The highest BCUT2D eigenvalue weighted by molar-refractivity contribution is 7.90. The van der Waals surface area contributed by atoms with Gasteiger partial charge < -0.3 is 5.73 Å². The van der Waals surface area contributed by atoms with Gasteiger partial charge in [-0.2, -0.15) is 27.1 Å². The highest BCUT2D eigenvalue weighted by Gasteiger charge is 2.46. The third-order valence-corrected chi connectivity index (χ3v) is 8.74. The molecule has 0 aliphatic heterocycles. The molecule has 0 fully saturated rings. The third-order valence-electron chi connectivity index (χ3n) is 7.13. The maximum atomic E-state index is 13.6. The van der Waals surface area contributed by atoms with E-state index in [-0.39, 0.29) is 17.8 Å². The van der Waals surface area contributed by atoms with Gasteiger partial charge in [0.25, 0.3) is 25.9 Å². The van der Waals surface area contributed by atoms with Crippen LogP contribution in [0, 0.1) is 22.5 Å². The van der Waals surface area contributed by atoms with Gasteiger partial charge in [-0.05, 0) is 55.8 Å². The first-order valence-electron chi connectivity index (χ1n) is 13.1. The number of nitrogens with zero attached hydrogens (tertiary/aromatic N) is 4. The number of benzene rings is 3. The number of azo groups is 1. The summed E-state index contributed by atoms with van der Waals surface area (Å²) in [6.45, 7) is 3.23. The molecule has 0 saturated heterocycles. The van der Waals surface area contributed by atoms with Crippen LogP contribution in [0.2, 0.25) is 0 Å². The molecule has 0 saturated carbocycles. The number of nitro groups is 1. The molecule has 2 atom stereocenters. The summed E-state index contributed by atoms with van der Waals surface area (Å²) in [5.74, 6) is -1.82. The number of hydrogen-bond acceptors (Lipinski definition) is 12. The Morgan fingerprint density at radius 2 is 1.78 bits per heavy atom. The summed E-state index contributed by atoms with van der Waals surface area (Å²) in [6.07, 6.45) is 3.45. The fourth-order valence-corrected chi connectivity index (χ4v) is 6.00. The predicted molar refractivity (Wildman–Crippen MR) is 168 cm³/mol. The van der Waals surface area contributed by atoms with Gasteiger partial charge in [0.05, 0.1) is 44.1 Å². The molecule has 1 aliphatic rings. The molecular formula is C28H28N6O9S2. The molecule has 0 bridgehead atoms. The smallest absolute Gasteiger partial charge is 0.291 e. The Morgan fingerprint density at radius 1 is 1.09 bits per heavy atom. The van der Waals surface area contributed by atoms with E-state index in [4.69, 9.17) is 10.3 Å². The number of nitro benzene ring substituents is 1. The van der Waals surface area contributed by atoms with Gasteiger partial charge in [-0.15, -0.1) is 5.11 Å². The van der Waals surface area contributed by atoms with Crippen LogP contribution >= 0.6 is 0 Å². The number of nitrogens with one attached hydrogen (secondary N) is 1. The zero-order valence-electron chi connectivity index (χ0n) is 23.9. The van der Waals surface area contributed by atoms with E-state index in [0.29, 0.717) is 33.9 Å². The van der Waals surface area contributed by atoms with Crippen LogP contribution in [0.4, 0.5) is 22.7 Å². The lowest BCUT2D eigenvalue weighted by Crippen LogP contribution is -2.51. The van der Waals surface area contributed by atoms with Crippen molar-refractivity contribution in [1.82, 2.24) is 0 Å². The summed E-state index contributed by atoms with van der Waals surface area (Å²) in [5.41, 5.74) is 9.43. The average molecular weight is 657 g/mol. The van der Waals surface area contributed by atoms with Crippen molar-refractivity contribution in [1.29, 1.82) is 0 Å². The van der Waals surface area contributed by atoms with Gasteiger partial charge in [0.15, 0.2) is 5.78 Å².